The van der Waals surface area contributed by atoms with E-state index < -0.39 is 0 Å². The molecule has 0 radical (unpaired) electrons. The average molecular weight is 560 g/mol. The maximum atomic E-state index is 15.0. The van der Waals surface area contributed by atoms with Crippen LogP contribution in [0.3, 0.4) is 0 Å². The Hall–Kier alpha value is -3.98. The van der Waals surface area contributed by atoms with Crippen LogP contribution in [0.2, 0.25) is 0 Å². The summed E-state index contributed by atoms with van der Waals surface area (Å²) in [6, 6.07) is 13.0. The highest BCUT2D eigenvalue weighted by Crippen LogP contribution is 2.36. The number of aromatic nitrogens is 3. The molecular weight excluding hydrogens is 521 g/mol. The lowest BCUT2D eigenvalue weighted by Gasteiger charge is -2.34. The number of H-pyrrole nitrogens is 1. The number of para-hydroxylation sites is 1. The van der Waals surface area contributed by atoms with Gasteiger partial charge in [-0.05, 0) is 68.4 Å². The van der Waals surface area contributed by atoms with Gasteiger partial charge in [0.25, 0.3) is 5.91 Å². The Balaban J connectivity index is 1.19. The highest BCUT2D eigenvalue weighted by molar-refractivity contribution is 6.02. The molecule has 0 aliphatic carbocycles. The van der Waals surface area contributed by atoms with Gasteiger partial charge in [0.2, 0.25) is 5.91 Å². The van der Waals surface area contributed by atoms with Gasteiger partial charge in [-0.15, -0.1) is 0 Å². The van der Waals surface area contributed by atoms with Crippen LogP contribution in [0.4, 0.5) is 10.1 Å². The number of benzene rings is 2. The first-order chi connectivity index (χ1) is 20.0. The average Bonchev–Trinajstić information content (AvgIpc) is 3.62. The molecule has 1 aliphatic heterocycles. The lowest BCUT2D eigenvalue weighted by molar-refractivity contribution is -0.132. The SMILES string of the molecule is COCCCn1c(C2CCCN(C(=O)CCCc3ccc(NC(=O)c4cnc[nH]4)cc3)C2)c(C)c2cccc(F)c21. The monoisotopic (exact) mass is 559 g/mol. The highest BCUT2D eigenvalue weighted by Gasteiger charge is 2.29. The summed E-state index contributed by atoms with van der Waals surface area (Å²) in [4.78, 5) is 34.1. The molecule has 2 aromatic heterocycles. The van der Waals surface area contributed by atoms with Gasteiger partial charge in [-0.2, -0.15) is 0 Å². The Bertz CT molecular complexity index is 1480. The van der Waals surface area contributed by atoms with Crippen LogP contribution in [0, 0.1) is 12.7 Å². The molecule has 2 amide bonds. The quantitative estimate of drug-likeness (QED) is 0.226. The number of methoxy groups -OCH3 is 1. The number of hydrogen-bond donors (Lipinski definition) is 2. The van der Waals surface area contributed by atoms with Crippen molar-refractivity contribution < 1.29 is 18.7 Å². The number of nitrogens with one attached hydrogen (secondary N) is 2. The summed E-state index contributed by atoms with van der Waals surface area (Å²) in [7, 11) is 1.68. The van der Waals surface area contributed by atoms with Gasteiger partial charge in [0.05, 0.1) is 18.0 Å². The second-order valence-corrected chi connectivity index (χ2v) is 10.8. The van der Waals surface area contributed by atoms with Crippen LogP contribution in [0.15, 0.2) is 55.0 Å². The molecule has 0 saturated carbocycles. The first-order valence-electron chi connectivity index (χ1n) is 14.4. The van der Waals surface area contributed by atoms with Gasteiger partial charge in [0, 0.05) is 62.5 Å². The number of aryl methyl sites for hydroxylation is 3. The number of amides is 2. The summed E-state index contributed by atoms with van der Waals surface area (Å²) in [5.41, 5.74) is 5.15. The third-order valence-electron chi connectivity index (χ3n) is 8.04. The zero-order valence-corrected chi connectivity index (χ0v) is 23.8. The van der Waals surface area contributed by atoms with Gasteiger partial charge in [0.15, 0.2) is 0 Å². The van der Waals surface area contributed by atoms with Gasteiger partial charge >= 0.3 is 0 Å². The summed E-state index contributed by atoms with van der Waals surface area (Å²) >= 11 is 0. The van der Waals surface area contributed by atoms with Gasteiger partial charge in [-0.3, -0.25) is 9.59 Å². The third kappa shape index (κ3) is 6.51. The predicted octanol–water partition coefficient (Wildman–Crippen LogP) is 5.83. The number of halogens is 1. The minimum Gasteiger partial charge on any atom is -0.385 e. The molecule has 1 fully saturated rings. The van der Waals surface area contributed by atoms with Crippen molar-refractivity contribution in [2.45, 2.75) is 57.9 Å². The van der Waals surface area contributed by atoms with E-state index in [1.54, 1.807) is 13.2 Å². The molecule has 0 spiro atoms. The second kappa shape index (κ2) is 13.1. The van der Waals surface area contributed by atoms with Crippen molar-refractivity contribution in [3.05, 3.63) is 83.3 Å². The number of anilines is 1. The zero-order valence-electron chi connectivity index (χ0n) is 23.8. The molecule has 4 aromatic rings. The zero-order chi connectivity index (χ0) is 28.8. The van der Waals surface area contributed by atoms with Gasteiger partial charge in [-0.25, -0.2) is 9.37 Å². The lowest BCUT2D eigenvalue weighted by atomic mass is 9.91. The standard InChI is InChI=1S/C32H38FN5O3/c1-22-26-9-4-10-27(33)31(26)38(17-6-18-41-2)30(22)24-8-5-16-37(20-24)29(39)11-3-7-23-12-14-25(15-13-23)36-32(40)28-19-34-21-35-28/h4,9-10,12-15,19,21,24H,3,5-8,11,16-18,20H2,1-2H3,(H,34,35)(H,36,40). The fraction of sp³-hybridized carbons (Fsp3) is 0.406. The number of aromatic amines is 1. The number of carbonyl (C=O) groups excluding carboxylic acids is 2. The number of ether oxygens (including phenoxy) is 1. The molecule has 2 aromatic carbocycles. The molecule has 9 heteroatoms. The molecule has 1 saturated heterocycles. The third-order valence-corrected chi connectivity index (χ3v) is 8.04. The number of carbonyl (C=O) groups is 2. The van der Waals surface area contributed by atoms with E-state index in [1.165, 1.54) is 18.6 Å². The Morgan fingerprint density at radius 3 is 2.76 bits per heavy atom. The number of nitrogens with zero attached hydrogens (tertiary/aromatic N) is 3. The van der Waals surface area contributed by atoms with Crippen molar-refractivity contribution >= 4 is 28.4 Å². The van der Waals surface area contributed by atoms with Crippen LogP contribution in [0.25, 0.3) is 10.9 Å². The second-order valence-electron chi connectivity index (χ2n) is 10.8. The van der Waals surface area contributed by atoms with Crippen LogP contribution < -0.4 is 5.32 Å². The first kappa shape index (κ1) is 28.5. The number of likely N-dealkylation sites (tertiary alicyclic amines) is 1. The maximum Gasteiger partial charge on any atom is 0.273 e. The van der Waals surface area contributed by atoms with Crippen molar-refractivity contribution in [2.24, 2.45) is 0 Å². The van der Waals surface area contributed by atoms with Gasteiger partial charge in [0.1, 0.15) is 11.5 Å². The summed E-state index contributed by atoms with van der Waals surface area (Å²) in [6.07, 6.45) is 7.68. The summed E-state index contributed by atoms with van der Waals surface area (Å²) in [5, 5.41) is 3.79. The normalized spacial score (nSPS) is 15.4. The van der Waals surface area contributed by atoms with Gasteiger partial charge < -0.3 is 24.5 Å². The molecule has 1 aliphatic rings. The predicted molar refractivity (Wildman–Crippen MR) is 158 cm³/mol. The number of piperidine rings is 1. The van der Waals surface area contributed by atoms with E-state index in [1.807, 2.05) is 35.2 Å². The largest absolute Gasteiger partial charge is 0.385 e. The molecule has 8 nitrogen and oxygen atoms in total. The highest BCUT2D eigenvalue weighted by atomic mass is 19.1. The maximum absolute atomic E-state index is 15.0. The Morgan fingerprint density at radius 2 is 2.00 bits per heavy atom. The van der Waals surface area contributed by atoms with E-state index in [4.69, 9.17) is 4.74 Å². The topological polar surface area (TPSA) is 92.2 Å². The summed E-state index contributed by atoms with van der Waals surface area (Å²) in [6.45, 7) is 4.80. The number of hydrogen-bond acceptors (Lipinski definition) is 4. The minimum atomic E-state index is -0.239. The number of rotatable bonds is 11. The van der Waals surface area contributed by atoms with E-state index in [2.05, 4.69) is 26.8 Å². The smallest absolute Gasteiger partial charge is 0.273 e. The first-order valence-corrected chi connectivity index (χ1v) is 14.4. The number of fused-ring (bicyclic) bond motifs is 1. The summed E-state index contributed by atoms with van der Waals surface area (Å²) < 4.78 is 22.4. The van der Waals surface area contributed by atoms with E-state index >= 15 is 0 Å². The van der Waals surface area contributed by atoms with Crippen LogP contribution >= 0.6 is 0 Å². The molecule has 1 unspecified atom stereocenters. The molecular formula is C32H38FN5O3. The van der Waals surface area contributed by atoms with Crippen LogP contribution in [-0.2, 0) is 22.5 Å². The van der Waals surface area contributed by atoms with E-state index in [-0.39, 0.29) is 23.5 Å². The van der Waals surface area contributed by atoms with E-state index in [0.29, 0.717) is 43.0 Å². The minimum absolute atomic E-state index is 0.170. The van der Waals surface area contributed by atoms with Crippen molar-refractivity contribution in [3.8, 4) is 0 Å². The molecule has 5 rings (SSSR count). The van der Waals surface area contributed by atoms with E-state index in [9.17, 15) is 14.0 Å². The van der Waals surface area contributed by atoms with Crippen molar-refractivity contribution in [2.75, 3.05) is 32.1 Å². The summed E-state index contributed by atoms with van der Waals surface area (Å²) in [5.74, 6) is -0.0989. The molecule has 0 bridgehead atoms. The lowest BCUT2D eigenvalue weighted by Crippen LogP contribution is -2.39. The van der Waals surface area contributed by atoms with Crippen LogP contribution in [-0.4, -0.2) is 58.1 Å². The molecule has 1 atom stereocenters. The van der Waals surface area contributed by atoms with Crippen LogP contribution in [0.5, 0.6) is 0 Å². The van der Waals surface area contributed by atoms with Gasteiger partial charge in [-0.1, -0.05) is 24.3 Å². The van der Waals surface area contributed by atoms with Crippen LogP contribution in [0.1, 0.15) is 65.3 Å². The molecule has 216 valence electrons. The fourth-order valence-corrected chi connectivity index (χ4v) is 6.04. The van der Waals surface area contributed by atoms with Crippen molar-refractivity contribution in [1.82, 2.24) is 19.4 Å². The van der Waals surface area contributed by atoms with Crippen molar-refractivity contribution in [3.63, 3.8) is 0 Å². The van der Waals surface area contributed by atoms with E-state index in [0.717, 1.165) is 60.9 Å². The molecule has 2 N–H and O–H groups in total. The van der Waals surface area contributed by atoms with Crippen molar-refractivity contribution in [1.29, 1.82) is 0 Å². The number of imidazole rings is 1. The Labute approximate surface area is 239 Å². The fourth-order valence-electron chi connectivity index (χ4n) is 6.04. The molecule has 41 heavy (non-hydrogen) atoms. The Morgan fingerprint density at radius 1 is 1.17 bits per heavy atom. The molecule has 3 heterocycles. The Kier molecular flexibility index (Phi) is 9.14.